The quantitative estimate of drug-likeness (QED) is 0.248. The van der Waals surface area contributed by atoms with Crippen LogP contribution in [0.1, 0.15) is 15.9 Å². The number of benzene rings is 3. The molecule has 12 heteroatoms. The second-order valence-corrected chi connectivity index (χ2v) is 12.5. The highest BCUT2D eigenvalue weighted by Crippen LogP contribution is 2.41. The second kappa shape index (κ2) is 11.3. The number of carbonyl (C=O) groups is 1. The van der Waals surface area contributed by atoms with Gasteiger partial charge in [0.05, 0.1) is 29.7 Å². The molecule has 1 N–H and O–H groups in total. The first-order valence-corrected chi connectivity index (χ1v) is 15.6. The SMILES string of the molecule is CNC(=O)c1c(-c2ccc(F)cc2)oc2cc(N(C)S(C)(=O)=O)c(-c3ccc4ccn(Cc5ccc(F)cc5)c(=O)c4n3)cc12. The molecule has 0 unspecified atom stereocenters. The van der Waals surface area contributed by atoms with E-state index in [1.807, 2.05) is 0 Å². The maximum absolute atomic E-state index is 13.7. The summed E-state index contributed by atoms with van der Waals surface area (Å²) in [5.41, 5.74) is 2.07. The molecule has 0 aliphatic heterocycles. The fourth-order valence-corrected chi connectivity index (χ4v) is 5.65. The number of halogens is 2. The second-order valence-electron chi connectivity index (χ2n) is 10.5. The topological polar surface area (TPSA) is 115 Å². The zero-order valence-electron chi connectivity index (χ0n) is 24.3. The smallest absolute Gasteiger partial charge is 0.277 e. The number of hydrogen-bond acceptors (Lipinski definition) is 6. The molecule has 3 aromatic heterocycles. The molecular weight excluding hydrogens is 602 g/mol. The Labute approximate surface area is 256 Å². The Morgan fingerprint density at radius 1 is 0.978 bits per heavy atom. The lowest BCUT2D eigenvalue weighted by Gasteiger charge is -2.20. The number of nitrogens with one attached hydrogen (secondary N) is 1. The Morgan fingerprint density at radius 3 is 2.29 bits per heavy atom. The molecule has 0 atom stereocenters. The number of nitrogens with zero attached hydrogens (tertiary/aromatic N) is 3. The summed E-state index contributed by atoms with van der Waals surface area (Å²) in [4.78, 5) is 31.4. The van der Waals surface area contributed by atoms with Gasteiger partial charge in [-0.15, -0.1) is 0 Å². The monoisotopic (exact) mass is 628 g/mol. The van der Waals surface area contributed by atoms with Gasteiger partial charge in [-0.3, -0.25) is 13.9 Å². The standard InChI is InChI=1S/C33H26F2N4O5S/c1-36-32(40)29-25-16-24(27(38(2)45(3,42)43)17-28(25)44-31(29)21-6-11-23(35)12-7-21)26-13-8-20-14-15-39(33(41)30(20)37-26)18-19-4-9-22(34)10-5-19/h4-17H,18H2,1-3H3,(H,36,40). The highest BCUT2D eigenvalue weighted by Gasteiger charge is 2.26. The molecule has 0 bridgehead atoms. The first kappa shape index (κ1) is 29.7. The van der Waals surface area contributed by atoms with E-state index in [2.05, 4.69) is 10.3 Å². The van der Waals surface area contributed by atoms with Gasteiger partial charge in [-0.05, 0) is 60.2 Å². The molecule has 0 aliphatic rings. The van der Waals surface area contributed by atoms with Gasteiger partial charge in [0.25, 0.3) is 11.5 Å². The molecule has 0 saturated carbocycles. The number of furan rings is 1. The van der Waals surface area contributed by atoms with Crippen LogP contribution in [0.4, 0.5) is 14.5 Å². The third-order valence-corrected chi connectivity index (χ3v) is 8.76. The predicted octanol–water partition coefficient (Wildman–Crippen LogP) is 5.56. The van der Waals surface area contributed by atoms with Crippen LogP contribution in [0.25, 0.3) is 44.5 Å². The van der Waals surface area contributed by atoms with Crippen LogP contribution in [0.5, 0.6) is 0 Å². The summed E-state index contributed by atoms with van der Waals surface area (Å²) < 4.78 is 61.2. The summed E-state index contributed by atoms with van der Waals surface area (Å²) in [5.74, 6) is -1.15. The lowest BCUT2D eigenvalue weighted by Crippen LogP contribution is -2.25. The first-order valence-electron chi connectivity index (χ1n) is 13.7. The van der Waals surface area contributed by atoms with Crippen molar-refractivity contribution < 1.29 is 26.4 Å². The van der Waals surface area contributed by atoms with Crippen LogP contribution in [0, 0.1) is 11.6 Å². The highest BCUT2D eigenvalue weighted by atomic mass is 32.2. The largest absolute Gasteiger partial charge is 0.455 e. The van der Waals surface area contributed by atoms with Crippen molar-refractivity contribution in [1.82, 2.24) is 14.9 Å². The third-order valence-electron chi connectivity index (χ3n) is 7.57. The molecule has 1 amide bonds. The van der Waals surface area contributed by atoms with Crippen LogP contribution in [0.15, 0.2) is 94.3 Å². The third kappa shape index (κ3) is 5.55. The van der Waals surface area contributed by atoms with E-state index in [0.717, 1.165) is 16.1 Å². The zero-order valence-corrected chi connectivity index (χ0v) is 25.2. The summed E-state index contributed by atoms with van der Waals surface area (Å²) in [6.45, 7) is 0.186. The number of amides is 1. The lowest BCUT2D eigenvalue weighted by molar-refractivity contribution is 0.0964. The Balaban J connectivity index is 1.58. The highest BCUT2D eigenvalue weighted by molar-refractivity contribution is 7.92. The summed E-state index contributed by atoms with van der Waals surface area (Å²) in [6, 6.07) is 19.4. The Bertz CT molecular complexity index is 2280. The Hall–Kier alpha value is -5.36. The van der Waals surface area contributed by atoms with Crippen LogP contribution >= 0.6 is 0 Å². The Kier molecular flexibility index (Phi) is 7.45. The van der Waals surface area contributed by atoms with E-state index < -0.39 is 27.3 Å². The number of anilines is 1. The van der Waals surface area contributed by atoms with Crippen LogP contribution < -0.4 is 15.2 Å². The molecule has 6 rings (SSSR count). The molecule has 3 heterocycles. The van der Waals surface area contributed by atoms with E-state index in [-0.39, 0.29) is 46.2 Å². The summed E-state index contributed by atoms with van der Waals surface area (Å²) in [7, 11) is -0.943. The molecule has 0 saturated heterocycles. The number of rotatable bonds is 7. The van der Waals surface area contributed by atoms with Crippen LogP contribution in [-0.4, -0.2) is 44.2 Å². The van der Waals surface area contributed by atoms with Crippen LogP contribution in [0.3, 0.4) is 0 Å². The van der Waals surface area contributed by atoms with Gasteiger partial charge >= 0.3 is 0 Å². The van der Waals surface area contributed by atoms with E-state index in [9.17, 15) is 26.8 Å². The number of aromatic nitrogens is 2. The number of carbonyl (C=O) groups excluding carboxylic acids is 1. The van der Waals surface area contributed by atoms with Crippen LogP contribution in [-0.2, 0) is 16.6 Å². The van der Waals surface area contributed by atoms with Crippen molar-refractivity contribution in [3.8, 4) is 22.6 Å². The van der Waals surface area contributed by atoms with E-state index in [1.54, 1.807) is 42.6 Å². The van der Waals surface area contributed by atoms with Crippen molar-refractivity contribution in [2.24, 2.45) is 0 Å². The molecule has 228 valence electrons. The number of hydrogen-bond donors (Lipinski definition) is 1. The van der Waals surface area contributed by atoms with Gasteiger partial charge in [-0.2, -0.15) is 0 Å². The normalized spacial score (nSPS) is 11.7. The lowest BCUT2D eigenvalue weighted by atomic mass is 10.0. The minimum Gasteiger partial charge on any atom is -0.455 e. The fourth-order valence-electron chi connectivity index (χ4n) is 5.14. The maximum atomic E-state index is 13.7. The van der Waals surface area contributed by atoms with E-state index in [0.29, 0.717) is 21.9 Å². The van der Waals surface area contributed by atoms with Crippen molar-refractivity contribution in [3.05, 3.63) is 118 Å². The minimum absolute atomic E-state index is 0.135. The van der Waals surface area contributed by atoms with Crippen molar-refractivity contribution >= 4 is 43.5 Å². The molecule has 0 fully saturated rings. The summed E-state index contributed by atoms with van der Waals surface area (Å²) in [5, 5.41) is 3.52. The van der Waals surface area contributed by atoms with E-state index in [4.69, 9.17) is 4.42 Å². The predicted molar refractivity (Wildman–Crippen MR) is 169 cm³/mol. The van der Waals surface area contributed by atoms with Crippen molar-refractivity contribution in [2.45, 2.75) is 6.54 Å². The van der Waals surface area contributed by atoms with Gasteiger partial charge in [0, 0.05) is 48.3 Å². The molecule has 0 aliphatic carbocycles. The van der Waals surface area contributed by atoms with E-state index >= 15 is 0 Å². The van der Waals surface area contributed by atoms with Gasteiger partial charge < -0.3 is 14.3 Å². The van der Waals surface area contributed by atoms with Gasteiger partial charge in [0.2, 0.25) is 10.0 Å². The molecule has 9 nitrogen and oxygen atoms in total. The van der Waals surface area contributed by atoms with Crippen LogP contribution in [0.2, 0.25) is 0 Å². The molecule has 0 radical (unpaired) electrons. The first-order chi connectivity index (χ1) is 21.4. The zero-order chi connectivity index (χ0) is 32.0. The van der Waals surface area contributed by atoms with Crippen molar-refractivity contribution in [3.63, 3.8) is 0 Å². The number of fused-ring (bicyclic) bond motifs is 2. The minimum atomic E-state index is -3.78. The number of sulfonamides is 1. The van der Waals surface area contributed by atoms with Gasteiger partial charge in [0.15, 0.2) is 0 Å². The van der Waals surface area contributed by atoms with Crippen molar-refractivity contribution in [2.75, 3.05) is 24.7 Å². The Morgan fingerprint density at radius 2 is 1.64 bits per heavy atom. The number of pyridine rings is 2. The molecule has 6 aromatic rings. The molecular formula is C33H26F2N4O5S. The molecule has 45 heavy (non-hydrogen) atoms. The summed E-state index contributed by atoms with van der Waals surface area (Å²) >= 11 is 0. The summed E-state index contributed by atoms with van der Waals surface area (Å²) in [6.07, 6.45) is 2.67. The molecule has 0 spiro atoms. The van der Waals surface area contributed by atoms with E-state index in [1.165, 1.54) is 61.1 Å². The average Bonchev–Trinajstić information content (AvgIpc) is 3.40. The maximum Gasteiger partial charge on any atom is 0.277 e. The van der Waals surface area contributed by atoms with Gasteiger partial charge in [-0.25, -0.2) is 22.2 Å². The van der Waals surface area contributed by atoms with Crippen molar-refractivity contribution in [1.29, 1.82) is 0 Å². The molecule has 3 aromatic carbocycles. The average molecular weight is 629 g/mol. The van der Waals surface area contributed by atoms with Gasteiger partial charge in [0.1, 0.15) is 28.5 Å². The van der Waals surface area contributed by atoms with Gasteiger partial charge in [-0.1, -0.05) is 18.2 Å². The fraction of sp³-hybridized carbons (Fsp3) is 0.121.